The summed E-state index contributed by atoms with van der Waals surface area (Å²) in [6.07, 6.45) is 0. The number of rotatable bonds is 1. The standard InChI is InChI=1S/C25H22/c1-16(2)25(3)23-14-19-10-6-4-8-17(19)12-21(23)22-13-18-9-5-7-11-20(18)15-24(22)25/h4-16H,1-3H3. The third kappa shape index (κ3) is 1.88. The first-order chi connectivity index (χ1) is 12.1. The van der Waals surface area contributed by atoms with Crippen molar-refractivity contribution in [1.29, 1.82) is 0 Å². The molecule has 0 heterocycles. The molecule has 0 radical (unpaired) electrons. The Balaban J connectivity index is 1.94. The molecular weight excluding hydrogens is 300 g/mol. The Morgan fingerprint density at radius 2 is 0.960 bits per heavy atom. The van der Waals surface area contributed by atoms with E-state index in [1.807, 2.05) is 0 Å². The number of benzene rings is 4. The Morgan fingerprint density at radius 3 is 1.32 bits per heavy atom. The average molecular weight is 322 g/mol. The number of fused-ring (bicyclic) bond motifs is 5. The van der Waals surface area contributed by atoms with E-state index < -0.39 is 0 Å². The molecule has 0 aromatic heterocycles. The van der Waals surface area contributed by atoms with Crippen LogP contribution in [-0.4, -0.2) is 0 Å². The topological polar surface area (TPSA) is 0 Å². The minimum Gasteiger partial charge on any atom is -0.0616 e. The molecule has 25 heavy (non-hydrogen) atoms. The zero-order valence-electron chi connectivity index (χ0n) is 15.0. The maximum Gasteiger partial charge on any atom is 0.0210 e. The first-order valence-electron chi connectivity index (χ1n) is 9.16. The molecule has 0 atom stereocenters. The zero-order valence-corrected chi connectivity index (χ0v) is 15.0. The summed E-state index contributed by atoms with van der Waals surface area (Å²) in [5.41, 5.74) is 5.84. The minimum absolute atomic E-state index is 0.0543. The summed E-state index contributed by atoms with van der Waals surface area (Å²) in [5.74, 6) is 0.537. The summed E-state index contributed by atoms with van der Waals surface area (Å²) in [6, 6.07) is 27.1. The lowest BCUT2D eigenvalue weighted by Crippen LogP contribution is -2.27. The second-order valence-electron chi connectivity index (χ2n) is 7.85. The van der Waals surface area contributed by atoms with Crippen LogP contribution in [0.15, 0.2) is 72.8 Å². The van der Waals surface area contributed by atoms with E-state index in [4.69, 9.17) is 0 Å². The first kappa shape index (κ1) is 14.7. The van der Waals surface area contributed by atoms with Crippen LogP contribution >= 0.6 is 0 Å². The molecule has 5 rings (SSSR count). The highest BCUT2D eigenvalue weighted by Crippen LogP contribution is 2.54. The van der Waals surface area contributed by atoms with Crippen LogP contribution in [0, 0.1) is 5.92 Å². The van der Waals surface area contributed by atoms with Gasteiger partial charge in [0.05, 0.1) is 0 Å². The Hall–Kier alpha value is -2.60. The van der Waals surface area contributed by atoms with Crippen LogP contribution in [0.25, 0.3) is 32.7 Å². The van der Waals surface area contributed by atoms with Crippen LogP contribution in [-0.2, 0) is 5.41 Å². The molecule has 0 saturated heterocycles. The highest BCUT2D eigenvalue weighted by Gasteiger charge is 2.42. The Morgan fingerprint density at radius 1 is 0.600 bits per heavy atom. The summed E-state index contributed by atoms with van der Waals surface area (Å²) in [4.78, 5) is 0. The van der Waals surface area contributed by atoms with Crippen LogP contribution in [0.2, 0.25) is 0 Å². The molecule has 0 amide bonds. The summed E-state index contributed by atoms with van der Waals surface area (Å²) in [5, 5.41) is 5.33. The molecule has 0 spiro atoms. The van der Waals surface area contributed by atoms with E-state index in [0.717, 1.165) is 0 Å². The number of hydrogen-bond acceptors (Lipinski definition) is 0. The molecule has 0 saturated carbocycles. The normalized spacial score (nSPS) is 14.9. The van der Waals surface area contributed by atoms with E-state index >= 15 is 0 Å². The smallest absolute Gasteiger partial charge is 0.0210 e. The van der Waals surface area contributed by atoms with Gasteiger partial charge in [0.25, 0.3) is 0 Å². The van der Waals surface area contributed by atoms with Gasteiger partial charge in [0.1, 0.15) is 0 Å². The fraction of sp³-hybridized carbons (Fsp3) is 0.200. The molecule has 4 aromatic rings. The lowest BCUT2D eigenvalue weighted by atomic mass is 9.71. The van der Waals surface area contributed by atoms with Gasteiger partial charge in [-0.1, -0.05) is 69.3 Å². The highest BCUT2D eigenvalue weighted by atomic mass is 14.4. The molecule has 0 aliphatic heterocycles. The lowest BCUT2D eigenvalue weighted by molar-refractivity contribution is 0.415. The van der Waals surface area contributed by atoms with E-state index in [9.17, 15) is 0 Å². The van der Waals surface area contributed by atoms with Crippen LogP contribution in [0.5, 0.6) is 0 Å². The average Bonchev–Trinajstić information content (AvgIpc) is 2.87. The van der Waals surface area contributed by atoms with Gasteiger partial charge in [-0.3, -0.25) is 0 Å². The van der Waals surface area contributed by atoms with Crippen molar-refractivity contribution in [1.82, 2.24) is 0 Å². The van der Waals surface area contributed by atoms with Gasteiger partial charge < -0.3 is 0 Å². The maximum atomic E-state index is 2.43. The zero-order chi connectivity index (χ0) is 17.2. The molecule has 0 fully saturated rings. The summed E-state index contributed by atoms with van der Waals surface area (Å²) >= 11 is 0. The van der Waals surface area contributed by atoms with Gasteiger partial charge in [-0.25, -0.2) is 0 Å². The Bertz CT molecular complexity index is 1050. The predicted molar refractivity (Wildman–Crippen MR) is 108 cm³/mol. The third-order valence-corrected chi connectivity index (χ3v) is 6.34. The van der Waals surface area contributed by atoms with Crippen LogP contribution in [0.1, 0.15) is 31.9 Å². The Kier molecular flexibility index (Phi) is 2.92. The maximum absolute atomic E-state index is 2.43. The van der Waals surface area contributed by atoms with Crippen molar-refractivity contribution in [2.75, 3.05) is 0 Å². The predicted octanol–water partition coefficient (Wildman–Crippen LogP) is 6.94. The van der Waals surface area contributed by atoms with E-state index in [0.29, 0.717) is 5.92 Å². The third-order valence-electron chi connectivity index (χ3n) is 6.34. The summed E-state index contributed by atoms with van der Waals surface area (Å²) in [6.45, 7) is 7.12. The van der Waals surface area contributed by atoms with Gasteiger partial charge in [-0.05, 0) is 74.0 Å². The largest absolute Gasteiger partial charge is 0.0616 e. The van der Waals surface area contributed by atoms with Gasteiger partial charge in [0.2, 0.25) is 0 Å². The molecule has 0 nitrogen and oxygen atoms in total. The SMILES string of the molecule is CC(C)C1(C)c2cc3ccccc3cc2-c2cc3ccccc3cc21. The van der Waals surface area contributed by atoms with Gasteiger partial charge in [0.15, 0.2) is 0 Å². The molecule has 1 aliphatic carbocycles. The quantitative estimate of drug-likeness (QED) is 0.356. The van der Waals surface area contributed by atoms with Crippen molar-refractivity contribution in [3.05, 3.63) is 83.9 Å². The van der Waals surface area contributed by atoms with Crippen molar-refractivity contribution in [2.45, 2.75) is 26.2 Å². The molecule has 4 aromatic carbocycles. The fourth-order valence-corrected chi connectivity index (χ4v) is 4.55. The molecular formula is C25H22. The molecule has 122 valence electrons. The number of hydrogen-bond donors (Lipinski definition) is 0. The second kappa shape index (κ2) is 4.95. The minimum atomic E-state index is 0.0543. The van der Waals surface area contributed by atoms with Crippen molar-refractivity contribution < 1.29 is 0 Å². The molecule has 1 aliphatic rings. The molecule has 0 unspecified atom stereocenters. The van der Waals surface area contributed by atoms with E-state index in [1.54, 1.807) is 0 Å². The van der Waals surface area contributed by atoms with Crippen LogP contribution < -0.4 is 0 Å². The monoisotopic (exact) mass is 322 g/mol. The molecule has 0 heteroatoms. The van der Waals surface area contributed by atoms with Crippen molar-refractivity contribution in [2.24, 2.45) is 5.92 Å². The summed E-state index contributed by atoms with van der Waals surface area (Å²) in [7, 11) is 0. The van der Waals surface area contributed by atoms with Crippen molar-refractivity contribution in [3.63, 3.8) is 0 Å². The highest BCUT2D eigenvalue weighted by molar-refractivity contribution is 5.98. The summed E-state index contributed by atoms with van der Waals surface area (Å²) < 4.78 is 0. The second-order valence-corrected chi connectivity index (χ2v) is 7.85. The van der Waals surface area contributed by atoms with Gasteiger partial charge in [0, 0.05) is 5.41 Å². The fourth-order valence-electron chi connectivity index (χ4n) is 4.55. The van der Waals surface area contributed by atoms with Gasteiger partial charge >= 0.3 is 0 Å². The first-order valence-corrected chi connectivity index (χ1v) is 9.16. The van der Waals surface area contributed by atoms with Gasteiger partial charge in [-0.15, -0.1) is 0 Å². The lowest BCUT2D eigenvalue weighted by Gasteiger charge is -2.32. The van der Waals surface area contributed by atoms with Gasteiger partial charge in [-0.2, -0.15) is 0 Å². The van der Waals surface area contributed by atoms with E-state index in [-0.39, 0.29) is 5.41 Å². The molecule has 0 N–H and O–H groups in total. The molecule has 0 bridgehead atoms. The van der Waals surface area contributed by atoms with Crippen LogP contribution in [0.4, 0.5) is 0 Å². The Labute approximate surface area is 149 Å². The van der Waals surface area contributed by atoms with Crippen molar-refractivity contribution >= 4 is 21.5 Å². The van der Waals surface area contributed by atoms with Crippen molar-refractivity contribution in [3.8, 4) is 11.1 Å². The van der Waals surface area contributed by atoms with E-state index in [2.05, 4.69) is 93.6 Å². The van der Waals surface area contributed by atoms with Crippen LogP contribution in [0.3, 0.4) is 0 Å². The van der Waals surface area contributed by atoms with E-state index in [1.165, 1.54) is 43.8 Å².